The van der Waals surface area contributed by atoms with E-state index in [4.69, 9.17) is 22.4 Å². The summed E-state index contributed by atoms with van der Waals surface area (Å²) >= 11 is 0. The zero-order chi connectivity index (χ0) is 16.6. The molecule has 132 valence electrons. The van der Waals surface area contributed by atoms with Gasteiger partial charge in [0, 0.05) is 52.7 Å². The highest BCUT2D eigenvalue weighted by molar-refractivity contribution is 6.68. The first kappa shape index (κ1) is 20.3. The fourth-order valence-electron chi connectivity index (χ4n) is 3.33. The van der Waals surface area contributed by atoms with Gasteiger partial charge in [-0.2, -0.15) is 0 Å². The van der Waals surface area contributed by atoms with Gasteiger partial charge in [0.05, 0.1) is 0 Å². The fourth-order valence-corrected chi connectivity index (χ4v) is 7.74. The molecule has 2 atom stereocenters. The van der Waals surface area contributed by atoms with Crippen molar-refractivity contribution in [3.05, 3.63) is 0 Å². The second-order valence-electron chi connectivity index (χ2n) is 6.36. The van der Waals surface area contributed by atoms with Crippen LogP contribution in [-0.2, 0) is 22.4 Å². The summed E-state index contributed by atoms with van der Waals surface area (Å²) in [4.78, 5) is 0. The predicted molar refractivity (Wildman–Crippen MR) is 92.7 cm³/mol. The molecule has 1 aliphatic heterocycles. The molecule has 0 aromatic heterocycles. The summed E-state index contributed by atoms with van der Waals surface area (Å²) in [5, 5.41) is 0. The fraction of sp³-hybridized carbons (Fsp3) is 1.00. The van der Waals surface area contributed by atoms with Crippen LogP contribution in [0.1, 0.15) is 32.1 Å². The van der Waals surface area contributed by atoms with E-state index in [-0.39, 0.29) is 0 Å². The highest BCUT2D eigenvalue weighted by atomic mass is 28.4. The van der Waals surface area contributed by atoms with Crippen LogP contribution in [0.4, 0.5) is 0 Å². The minimum absolute atomic E-state index is 0.472. The average molecular weight is 351 g/mol. The average Bonchev–Trinajstić information content (AvgIpc) is 2.57. The lowest BCUT2D eigenvalue weighted by atomic mass is 10.1. The second-order valence-corrected chi connectivity index (χ2v) is 13.7. The quantitative estimate of drug-likeness (QED) is 0.687. The maximum absolute atomic E-state index is 5.86. The Morgan fingerprint density at radius 2 is 1.05 bits per heavy atom. The molecule has 0 radical (unpaired) electrons. The van der Waals surface area contributed by atoms with E-state index in [1.54, 1.807) is 28.4 Å². The van der Waals surface area contributed by atoms with Crippen molar-refractivity contribution < 1.29 is 22.4 Å². The second kappa shape index (κ2) is 9.51. The van der Waals surface area contributed by atoms with Crippen LogP contribution >= 0.6 is 0 Å². The highest BCUT2D eigenvalue weighted by Gasteiger charge is 2.42. The molecule has 1 saturated heterocycles. The predicted octanol–water partition coefficient (Wildman–Crippen LogP) is 3.44. The first-order valence-electron chi connectivity index (χ1n) is 8.24. The summed E-state index contributed by atoms with van der Waals surface area (Å²) in [5.41, 5.74) is 0.943. The Labute approximate surface area is 138 Å². The smallest absolute Gasteiger partial charge is 0.337 e. The molecule has 1 fully saturated rings. The molecule has 0 aromatic carbocycles. The minimum Gasteiger partial charge on any atom is -0.398 e. The summed E-state index contributed by atoms with van der Waals surface area (Å²) < 4.78 is 28.9. The van der Waals surface area contributed by atoms with Crippen molar-refractivity contribution in [1.29, 1.82) is 0 Å². The van der Waals surface area contributed by atoms with Crippen molar-refractivity contribution >= 4 is 17.1 Å². The lowest BCUT2D eigenvalue weighted by molar-refractivity contribution is 0.110. The Morgan fingerprint density at radius 3 is 1.36 bits per heavy atom. The topological polar surface area (TPSA) is 46.2 Å². The van der Waals surface area contributed by atoms with Crippen LogP contribution in [0, 0.1) is 0 Å². The molecule has 1 heterocycles. The maximum Gasteiger partial charge on any atom is 0.337 e. The first-order chi connectivity index (χ1) is 10.5. The van der Waals surface area contributed by atoms with Gasteiger partial charge in [-0.25, -0.2) is 0 Å². The number of rotatable bonds is 6. The molecule has 5 nitrogen and oxygen atoms in total. The summed E-state index contributed by atoms with van der Waals surface area (Å²) in [6.45, 7) is 5.88. The monoisotopic (exact) mass is 350 g/mol. The Kier molecular flexibility index (Phi) is 8.77. The zero-order valence-electron chi connectivity index (χ0n) is 15.1. The van der Waals surface area contributed by atoms with Gasteiger partial charge in [0.15, 0.2) is 0 Å². The van der Waals surface area contributed by atoms with Crippen LogP contribution in [0.3, 0.4) is 0 Å². The Hall–Kier alpha value is 0.234. The molecule has 1 aliphatic rings. The van der Waals surface area contributed by atoms with Gasteiger partial charge in [0.25, 0.3) is 0 Å². The van der Waals surface area contributed by atoms with E-state index in [1.807, 2.05) is 0 Å². The Bertz CT molecular complexity index is 280. The Balaban J connectivity index is 2.73. The summed E-state index contributed by atoms with van der Waals surface area (Å²) in [7, 11) is 2.89. The van der Waals surface area contributed by atoms with Crippen molar-refractivity contribution in [1.82, 2.24) is 0 Å². The summed E-state index contributed by atoms with van der Waals surface area (Å²) in [6, 6.07) is 0. The molecule has 0 aromatic rings. The van der Waals surface area contributed by atoms with E-state index in [9.17, 15) is 0 Å². The van der Waals surface area contributed by atoms with Gasteiger partial charge in [-0.3, -0.25) is 0 Å². The van der Waals surface area contributed by atoms with Gasteiger partial charge < -0.3 is 22.4 Å². The molecule has 0 saturated carbocycles. The third kappa shape index (κ3) is 5.12. The first-order valence-corrected chi connectivity index (χ1v) is 13.0. The van der Waals surface area contributed by atoms with E-state index < -0.39 is 17.1 Å². The normalized spacial score (nSPS) is 25.9. The van der Waals surface area contributed by atoms with Gasteiger partial charge in [-0.05, 0) is 38.8 Å². The van der Waals surface area contributed by atoms with E-state index >= 15 is 0 Å². The van der Waals surface area contributed by atoms with E-state index in [0.29, 0.717) is 11.1 Å². The molecule has 0 N–H and O–H groups in total. The number of hydrogen-bond acceptors (Lipinski definition) is 5. The van der Waals surface area contributed by atoms with Crippen LogP contribution in [0.5, 0.6) is 0 Å². The van der Waals surface area contributed by atoms with Crippen molar-refractivity contribution in [3.8, 4) is 0 Å². The van der Waals surface area contributed by atoms with Crippen LogP contribution in [0.25, 0.3) is 0 Å². The summed E-state index contributed by atoms with van der Waals surface area (Å²) in [5.74, 6) is 0. The lowest BCUT2D eigenvalue weighted by Crippen LogP contribution is -2.44. The molecule has 2 unspecified atom stereocenters. The molecule has 7 heteroatoms. The van der Waals surface area contributed by atoms with Crippen LogP contribution in [-0.4, -0.2) is 58.8 Å². The maximum atomic E-state index is 5.86. The zero-order valence-corrected chi connectivity index (χ0v) is 17.1. The number of ether oxygens (including phenoxy) is 1. The standard InChI is InChI=1S/C15H34O5Si2/c1-16-21(5,17-2)14-8-7-9-15(11-13-20-12-10-14)22(6,18-3)19-4/h14-15H,7-13H2,1-6H3. The SMILES string of the molecule is CO[Si](C)(OC)C1CCCC([Si](C)(OC)OC)CCOCC1. The minimum atomic E-state index is -2.11. The van der Waals surface area contributed by atoms with Crippen molar-refractivity contribution in [2.45, 2.75) is 56.3 Å². The van der Waals surface area contributed by atoms with E-state index in [1.165, 1.54) is 6.42 Å². The molecule has 0 aliphatic carbocycles. The largest absolute Gasteiger partial charge is 0.398 e. The van der Waals surface area contributed by atoms with Gasteiger partial charge in [-0.15, -0.1) is 0 Å². The lowest BCUT2D eigenvalue weighted by Gasteiger charge is -2.35. The van der Waals surface area contributed by atoms with Gasteiger partial charge in [0.1, 0.15) is 0 Å². The molecule has 0 bridgehead atoms. The van der Waals surface area contributed by atoms with Gasteiger partial charge in [0.2, 0.25) is 0 Å². The molecule has 0 spiro atoms. The van der Waals surface area contributed by atoms with Crippen molar-refractivity contribution in [2.75, 3.05) is 41.7 Å². The summed E-state index contributed by atoms with van der Waals surface area (Å²) in [6.07, 6.45) is 5.47. The van der Waals surface area contributed by atoms with Crippen LogP contribution < -0.4 is 0 Å². The third-order valence-corrected chi connectivity index (χ3v) is 12.8. The molecule has 0 amide bonds. The Morgan fingerprint density at radius 1 is 0.682 bits per heavy atom. The highest BCUT2D eigenvalue weighted by Crippen LogP contribution is 2.37. The molecule has 1 rings (SSSR count). The van der Waals surface area contributed by atoms with Gasteiger partial charge in [-0.1, -0.05) is 6.42 Å². The van der Waals surface area contributed by atoms with E-state index in [2.05, 4.69) is 13.1 Å². The van der Waals surface area contributed by atoms with Crippen molar-refractivity contribution in [2.24, 2.45) is 0 Å². The van der Waals surface area contributed by atoms with Crippen molar-refractivity contribution in [3.63, 3.8) is 0 Å². The number of hydrogen-bond donors (Lipinski definition) is 0. The van der Waals surface area contributed by atoms with Crippen LogP contribution in [0.15, 0.2) is 0 Å². The van der Waals surface area contributed by atoms with Crippen LogP contribution in [0.2, 0.25) is 24.2 Å². The van der Waals surface area contributed by atoms with Gasteiger partial charge >= 0.3 is 17.1 Å². The molecule has 22 heavy (non-hydrogen) atoms. The molecular weight excluding hydrogens is 316 g/mol. The third-order valence-electron chi connectivity index (χ3n) is 5.43. The van der Waals surface area contributed by atoms with E-state index in [0.717, 1.165) is 38.9 Å². The molecular formula is C15H34O5Si2.